The number of fused-ring (bicyclic) bond motifs is 1. The summed E-state index contributed by atoms with van der Waals surface area (Å²) in [5, 5.41) is 4.17. The molecule has 0 unspecified atom stereocenters. The van der Waals surface area contributed by atoms with E-state index in [1.807, 2.05) is 25.1 Å². The van der Waals surface area contributed by atoms with Crippen molar-refractivity contribution in [2.45, 2.75) is 26.6 Å². The number of carbonyl (C=O) groups excluding carboxylic acids is 1. The lowest BCUT2D eigenvalue weighted by molar-refractivity contribution is -0.137. The third-order valence-electron chi connectivity index (χ3n) is 5.21. The number of para-hydroxylation sites is 1. The molecular weight excluding hydrogens is 425 g/mol. The van der Waals surface area contributed by atoms with Crippen LogP contribution in [0.2, 0.25) is 0 Å². The second-order valence-electron chi connectivity index (χ2n) is 7.22. The maximum absolute atomic E-state index is 13.2. The number of nitrogens with zero attached hydrogens (tertiary/aromatic N) is 4. The Bertz CT molecular complexity index is 1130. The van der Waals surface area contributed by atoms with Gasteiger partial charge in [0.1, 0.15) is 13.2 Å². The average Bonchev–Trinajstić information content (AvgIpc) is 3.17. The smallest absolute Gasteiger partial charge is 0.417 e. The van der Waals surface area contributed by atoms with Gasteiger partial charge in [0.15, 0.2) is 17.3 Å². The molecule has 1 aliphatic rings. The van der Waals surface area contributed by atoms with Crippen molar-refractivity contribution >= 4 is 5.91 Å². The van der Waals surface area contributed by atoms with Crippen molar-refractivity contribution in [3.63, 3.8) is 0 Å². The van der Waals surface area contributed by atoms with Crippen molar-refractivity contribution in [1.29, 1.82) is 0 Å². The van der Waals surface area contributed by atoms with Gasteiger partial charge in [0.05, 0.1) is 23.0 Å². The highest BCUT2D eigenvalue weighted by atomic mass is 19.4. The molecule has 168 valence electrons. The van der Waals surface area contributed by atoms with E-state index in [9.17, 15) is 18.0 Å². The number of alkyl halides is 3. The lowest BCUT2D eigenvalue weighted by atomic mass is 10.1. The predicted molar refractivity (Wildman–Crippen MR) is 109 cm³/mol. The molecule has 0 saturated carbocycles. The maximum Gasteiger partial charge on any atom is 0.417 e. The second kappa shape index (κ2) is 8.52. The van der Waals surface area contributed by atoms with Gasteiger partial charge in [0.25, 0.3) is 5.91 Å². The van der Waals surface area contributed by atoms with E-state index in [-0.39, 0.29) is 11.7 Å². The number of hydrogen-bond acceptors (Lipinski definition) is 5. The molecule has 1 amide bonds. The Morgan fingerprint density at radius 3 is 2.62 bits per heavy atom. The molecule has 0 fully saturated rings. The van der Waals surface area contributed by atoms with Gasteiger partial charge in [-0.3, -0.25) is 4.79 Å². The van der Waals surface area contributed by atoms with Gasteiger partial charge >= 0.3 is 6.18 Å². The van der Waals surface area contributed by atoms with E-state index >= 15 is 0 Å². The Labute approximate surface area is 182 Å². The van der Waals surface area contributed by atoms with Gasteiger partial charge in [-0.2, -0.15) is 18.3 Å². The van der Waals surface area contributed by atoms with Crippen molar-refractivity contribution in [3.05, 3.63) is 65.1 Å². The zero-order valence-electron chi connectivity index (χ0n) is 17.5. The fourth-order valence-electron chi connectivity index (χ4n) is 3.49. The molecule has 7 nitrogen and oxygen atoms in total. The number of halogens is 3. The summed E-state index contributed by atoms with van der Waals surface area (Å²) in [6.45, 7) is 5.20. The Morgan fingerprint density at radius 2 is 1.94 bits per heavy atom. The van der Waals surface area contributed by atoms with Crippen LogP contribution in [0.15, 0.2) is 42.7 Å². The van der Waals surface area contributed by atoms with Crippen LogP contribution in [0.25, 0.3) is 5.82 Å². The number of rotatable bonds is 5. The Morgan fingerprint density at radius 1 is 1.16 bits per heavy atom. The molecule has 3 aromatic rings. The van der Waals surface area contributed by atoms with Crippen LogP contribution in [-0.4, -0.2) is 45.3 Å². The van der Waals surface area contributed by atoms with E-state index < -0.39 is 11.7 Å². The van der Waals surface area contributed by atoms with Crippen molar-refractivity contribution in [2.24, 2.45) is 0 Å². The SMILES string of the molecule is CCN(Cc1cccc2c1OCCO2)C(=O)c1cnn(-c2ccc(C(F)(F)F)cn2)c1C. The molecule has 0 saturated heterocycles. The maximum atomic E-state index is 13.2. The quantitative estimate of drug-likeness (QED) is 0.592. The summed E-state index contributed by atoms with van der Waals surface area (Å²) >= 11 is 0. The number of hydrogen-bond donors (Lipinski definition) is 0. The molecule has 32 heavy (non-hydrogen) atoms. The lowest BCUT2D eigenvalue weighted by Crippen LogP contribution is -2.31. The molecule has 0 N–H and O–H groups in total. The van der Waals surface area contributed by atoms with Gasteiger partial charge < -0.3 is 14.4 Å². The van der Waals surface area contributed by atoms with Crippen molar-refractivity contribution in [3.8, 4) is 17.3 Å². The molecule has 0 bridgehead atoms. The number of aromatic nitrogens is 3. The first kappa shape index (κ1) is 21.7. The molecule has 0 aliphatic carbocycles. The normalized spacial score (nSPS) is 13.2. The minimum Gasteiger partial charge on any atom is -0.486 e. The van der Waals surface area contributed by atoms with Crippen LogP contribution < -0.4 is 9.47 Å². The molecule has 1 aromatic carbocycles. The first-order valence-electron chi connectivity index (χ1n) is 10.0. The topological polar surface area (TPSA) is 69.5 Å². The summed E-state index contributed by atoms with van der Waals surface area (Å²) < 4.78 is 51.1. The average molecular weight is 446 g/mol. The fraction of sp³-hybridized carbons (Fsp3) is 0.318. The standard InChI is InChI=1S/C22H21F3N4O3/c1-3-28(13-15-5-4-6-18-20(15)32-10-9-31-18)21(30)17-12-27-29(14(17)2)19-8-7-16(11-26-19)22(23,24)25/h4-8,11-12H,3,9-10,13H2,1-2H3. The fourth-order valence-corrected chi connectivity index (χ4v) is 3.49. The summed E-state index contributed by atoms with van der Waals surface area (Å²) in [6.07, 6.45) is -2.32. The Balaban J connectivity index is 1.57. The van der Waals surface area contributed by atoms with Gasteiger partial charge in [-0.15, -0.1) is 0 Å². The third kappa shape index (κ3) is 4.12. The van der Waals surface area contributed by atoms with Crippen LogP contribution in [0.5, 0.6) is 11.5 Å². The molecule has 4 rings (SSSR count). The molecule has 0 spiro atoms. The zero-order valence-corrected chi connectivity index (χ0v) is 17.5. The minimum absolute atomic E-state index is 0.195. The van der Waals surface area contributed by atoms with Crippen LogP contribution in [0, 0.1) is 6.92 Å². The van der Waals surface area contributed by atoms with E-state index in [2.05, 4.69) is 10.1 Å². The molecule has 10 heteroatoms. The molecule has 0 atom stereocenters. The van der Waals surface area contributed by atoms with Crippen molar-refractivity contribution in [2.75, 3.05) is 19.8 Å². The lowest BCUT2D eigenvalue weighted by Gasteiger charge is -2.25. The van der Waals surface area contributed by atoms with E-state index in [0.29, 0.717) is 49.1 Å². The van der Waals surface area contributed by atoms with Crippen LogP contribution in [0.4, 0.5) is 13.2 Å². The van der Waals surface area contributed by atoms with Gasteiger partial charge in [0, 0.05) is 24.8 Å². The molecule has 3 heterocycles. The van der Waals surface area contributed by atoms with Crippen LogP contribution in [0.1, 0.15) is 34.1 Å². The Hall–Kier alpha value is -3.56. The van der Waals surface area contributed by atoms with Crippen molar-refractivity contribution < 1.29 is 27.4 Å². The van der Waals surface area contributed by atoms with Gasteiger partial charge in [-0.1, -0.05) is 12.1 Å². The van der Waals surface area contributed by atoms with E-state index in [1.54, 1.807) is 11.8 Å². The summed E-state index contributed by atoms with van der Waals surface area (Å²) in [5.41, 5.74) is 0.801. The highest BCUT2D eigenvalue weighted by molar-refractivity contribution is 5.95. The number of pyridine rings is 1. The monoisotopic (exact) mass is 446 g/mol. The first-order valence-corrected chi connectivity index (χ1v) is 10.0. The first-order chi connectivity index (χ1) is 15.3. The molecule has 0 radical (unpaired) electrons. The van der Waals surface area contributed by atoms with Crippen LogP contribution in [-0.2, 0) is 12.7 Å². The van der Waals surface area contributed by atoms with Gasteiger partial charge in [-0.25, -0.2) is 9.67 Å². The van der Waals surface area contributed by atoms with Gasteiger partial charge in [0.2, 0.25) is 0 Å². The number of benzene rings is 1. The summed E-state index contributed by atoms with van der Waals surface area (Å²) in [6, 6.07) is 7.71. The van der Waals surface area contributed by atoms with Crippen LogP contribution in [0.3, 0.4) is 0 Å². The molecular formula is C22H21F3N4O3. The number of carbonyl (C=O) groups is 1. The minimum atomic E-state index is -4.47. The third-order valence-corrected chi connectivity index (χ3v) is 5.21. The summed E-state index contributed by atoms with van der Waals surface area (Å²) in [5.74, 6) is 1.22. The van der Waals surface area contributed by atoms with E-state index in [0.717, 1.165) is 17.8 Å². The molecule has 1 aliphatic heterocycles. The predicted octanol–water partition coefficient (Wildman–Crippen LogP) is 4.03. The summed E-state index contributed by atoms with van der Waals surface area (Å²) in [4.78, 5) is 18.7. The second-order valence-corrected chi connectivity index (χ2v) is 7.22. The highest BCUT2D eigenvalue weighted by Gasteiger charge is 2.31. The number of ether oxygens (including phenoxy) is 2. The highest BCUT2D eigenvalue weighted by Crippen LogP contribution is 2.34. The molecule has 2 aromatic heterocycles. The van der Waals surface area contributed by atoms with E-state index in [4.69, 9.17) is 9.47 Å². The van der Waals surface area contributed by atoms with Crippen LogP contribution >= 0.6 is 0 Å². The van der Waals surface area contributed by atoms with Crippen molar-refractivity contribution in [1.82, 2.24) is 19.7 Å². The number of amides is 1. The van der Waals surface area contributed by atoms with Gasteiger partial charge in [-0.05, 0) is 32.0 Å². The Kier molecular flexibility index (Phi) is 5.77. The zero-order chi connectivity index (χ0) is 22.9. The largest absolute Gasteiger partial charge is 0.486 e. The van der Waals surface area contributed by atoms with E-state index in [1.165, 1.54) is 16.9 Å². The summed E-state index contributed by atoms with van der Waals surface area (Å²) in [7, 11) is 0.